The summed E-state index contributed by atoms with van der Waals surface area (Å²) in [7, 11) is 0. The van der Waals surface area contributed by atoms with Crippen LogP contribution in [0.5, 0.6) is 0 Å². The third kappa shape index (κ3) is 2.40. The highest BCUT2D eigenvalue weighted by molar-refractivity contribution is 5.96. The summed E-state index contributed by atoms with van der Waals surface area (Å²) < 4.78 is 6.02. The number of nitrogens with one attached hydrogen (secondary N) is 1. The van der Waals surface area contributed by atoms with Gasteiger partial charge in [-0.05, 0) is 18.2 Å². The van der Waals surface area contributed by atoms with Crippen LogP contribution in [0.3, 0.4) is 0 Å². The van der Waals surface area contributed by atoms with Crippen molar-refractivity contribution in [2.45, 2.75) is 26.2 Å². The Labute approximate surface area is 140 Å². The largest absolute Gasteiger partial charge is 0.416 e. The Morgan fingerprint density at radius 3 is 2.25 bits per heavy atom. The van der Waals surface area contributed by atoms with Gasteiger partial charge in [-0.15, -0.1) is 10.2 Å². The number of nitrogens with zero attached hydrogens (tertiary/aromatic N) is 2. The van der Waals surface area contributed by atoms with Crippen molar-refractivity contribution in [3.05, 3.63) is 60.3 Å². The second kappa shape index (κ2) is 5.34. The molecule has 24 heavy (non-hydrogen) atoms. The van der Waals surface area contributed by atoms with Gasteiger partial charge >= 0.3 is 0 Å². The molecule has 0 atom stereocenters. The Balaban J connectivity index is 1.92. The summed E-state index contributed by atoms with van der Waals surface area (Å²) >= 11 is 0. The number of hydrogen-bond donors (Lipinski definition) is 1. The lowest BCUT2D eigenvalue weighted by Crippen LogP contribution is -2.13. The van der Waals surface area contributed by atoms with Crippen LogP contribution < -0.4 is 0 Å². The van der Waals surface area contributed by atoms with Gasteiger partial charge < -0.3 is 9.40 Å². The minimum absolute atomic E-state index is 0.0598. The molecule has 2 aromatic carbocycles. The smallest absolute Gasteiger partial charge is 0.250 e. The summed E-state index contributed by atoms with van der Waals surface area (Å²) in [5.41, 5.74) is 4.04. The van der Waals surface area contributed by atoms with Crippen LogP contribution in [0.25, 0.3) is 33.8 Å². The van der Waals surface area contributed by atoms with Gasteiger partial charge in [0.2, 0.25) is 5.89 Å². The molecule has 4 rings (SSSR count). The third-order valence-electron chi connectivity index (χ3n) is 4.12. The topological polar surface area (TPSA) is 54.7 Å². The lowest BCUT2D eigenvalue weighted by Gasteiger charge is -2.18. The molecule has 4 heteroatoms. The van der Waals surface area contributed by atoms with E-state index in [1.54, 1.807) is 0 Å². The van der Waals surface area contributed by atoms with E-state index in [9.17, 15) is 0 Å². The Bertz CT molecular complexity index is 991. The maximum absolute atomic E-state index is 6.02. The van der Waals surface area contributed by atoms with Crippen LogP contribution in [0.15, 0.2) is 59.0 Å². The van der Waals surface area contributed by atoms with Crippen molar-refractivity contribution in [3.63, 3.8) is 0 Å². The van der Waals surface area contributed by atoms with Gasteiger partial charge in [0.15, 0.2) is 0 Å². The predicted molar refractivity (Wildman–Crippen MR) is 95.7 cm³/mol. The molecule has 0 aliphatic heterocycles. The van der Waals surface area contributed by atoms with E-state index < -0.39 is 0 Å². The Hall–Kier alpha value is -2.88. The molecular weight excluding hydrogens is 298 g/mol. The second-order valence-corrected chi connectivity index (χ2v) is 6.95. The van der Waals surface area contributed by atoms with E-state index in [4.69, 9.17) is 4.42 Å². The predicted octanol–water partition coefficient (Wildman–Crippen LogP) is 5.18. The van der Waals surface area contributed by atoms with E-state index in [-0.39, 0.29) is 5.41 Å². The van der Waals surface area contributed by atoms with Gasteiger partial charge in [-0.25, -0.2) is 0 Å². The fraction of sp³-hybridized carbons (Fsp3) is 0.200. The van der Waals surface area contributed by atoms with E-state index in [0.717, 1.165) is 27.7 Å². The minimum atomic E-state index is -0.0598. The molecule has 0 unspecified atom stereocenters. The first-order valence-electron chi connectivity index (χ1n) is 8.04. The normalized spacial score (nSPS) is 12.0. The number of benzene rings is 2. The van der Waals surface area contributed by atoms with Crippen molar-refractivity contribution in [2.75, 3.05) is 0 Å². The molecule has 2 aromatic heterocycles. The Morgan fingerprint density at radius 1 is 0.833 bits per heavy atom. The molecule has 120 valence electrons. The average Bonchev–Trinajstić information content (AvgIpc) is 3.19. The van der Waals surface area contributed by atoms with Gasteiger partial charge in [-0.3, -0.25) is 0 Å². The molecule has 2 heterocycles. The number of rotatable bonds is 2. The number of fused-ring (bicyclic) bond motifs is 1. The fourth-order valence-electron chi connectivity index (χ4n) is 2.95. The van der Waals surface area contributed by atoms with Gasteiger partial charge in [0.05, 0.1) is 5.56 Å². The van der Waals surface area contributed by atoms with Crippen molar-refractivity contribution in [1.29, 1.82) is 0 Å². The van der Waals surface area contributed by atoms with E-state index >= 15 is 0 Å². The molecule has 0 bridgehead atoms. The molecule has 4 aromatic rings. The van der Waals surface area contributed by atoms with Crippen molar-refractivity contribution in [1.82, 2.24) is 15.2 Å². The lowest BCUT2D eigenvalue weighted by molar-refractivity contribution is 0.559. The van der Waals surface area contributed by atoms with Crippen molar-refractivity contribution < 1.29 is 4.42 Å². The van der Waals surface area contributed by atoms with Crippen LogP contribution in [0.4, 0.5) is 0 Å². The second-order valence-electron chi connectivity index (χ2n) is 6.95. The van der Waals surface area contributed by atoms with Crippen LogP contribution in [-0.4, -0.2) is 15.2 Å². The van der Waals surface area contributed by atoms with Gasteiger partial charge in [0, 0.05) is 27.6 Å². The summed E-state index contributed by atoms with van der Waals surface area (Å²) in [6, 6.07) is 18.0. The van der Waals surface area contributed by atoms with Gasteiger partial charge in [0.25, 0.3) is 5.89 Å². The van der Waals surface area contributed by atoms with Crippen molar-refractivity contribution in [2.24, 2.45) is 0 Å². The van der Waals surface area contributed by atoms with E-state index in [1.165, 1.54) is 0 Å². The van der Waals surface area contributed by atoms with Gasteiger partial charge in [0.1, 0.15) is 0 Å². The third-order valence-corrected chi connectivity index (χ3v) is 4.12. The zero-order chi connectivity index (χ0) is 16.7. The standard InChI is InChI=1S/C20H19N3O/c1-20(2,3)17-16(14-11-7-8-12-15(14)21-17)19-23-22-18(24-19)13-9-5-4-6-10-13/h4-12,21H,1-3H3. The molecule has 0 fully saturated rings. The maximum Gasteiger partial charge on any atom is 0.250 e. The number of aromatic amines is 1. The Kier molecular flexibility index (Phi) is 3.27. The van der Waals surface area contributed by atoms with Crippen molar-refractivity contribution >= 4 is 10.9 Å². The van der Waals surface area contributed by atoms with Gasteiger partial charge in [-0.2, -0.15) is 0 Å². The molecule has 0 radical (unpaired) electrons. The van der Waals surface area contributed by atoms with Crippen LogP contribution in [0, 0.1) is 0 Å². The molecule has 1 N–H and O–H groups in total. The summed E-state index contributed by atoms with van der Waals surface area (Å²) in [5.74, 6) is 1.09. The lowest BCUT2D eigenvalue weighted by atomic mass is 9.89. The first-order valence-corrected chi connectivity index (χ1v) is 8.04. The molecule has 0 saturated heterocycles. The molecule has 0 amide bonds. The van der Waals surface area contributed by atoms with Crippen LogP contribution >= 0.6 is 0 Å². The first kappa shape index (κ1) is 14.7. The summed E-state index contributed by atoms with van der Waals surface area (Å²) in [5, 5.41) is 9.67. The monoisotopic (exact) mass is 317 g/mol. The van der Waals surface area contributed by atoms with Crippen LogP contribution in [0.2, 0.25) is 0 Å². The highest BCUT2D eigenvalue weighted by atomic mass is 16.4. The summed E-state index contributed by atoms with van der Waals surface area (Å²) in [4.78, 5) is 3.52. The van der Waals surface area contributed by atoms with Crippen LogP contribution in [0.1, 0.15) is 26.5 Å². The van der Waals surface area contributed by atoms with Gasteiger partial charge in [-0.1, -0.05) is 57.2 Å². The van der Waals surface area contributed by atoms with E-state index in [1.807, 2.05) is 42.5 Å². The number of para-hydroxylation sites is 1. The molecule has 0 aliphatic rings. The number of aromatic nitrogens is 3. The van der Waals surface area contributed by atoms with Crippen LogP contribution in [-0.2, 0) is 5.41 Å². The molecule has 0 saturated carbocycles. The highest BCUT2D eigenvalue weighted by Crippen LogP contribution is 2.38. The number of hydrogen-bond acceptors (Lipinski definition) is 3. The SMILES string of the molecule is CC(C)(C)c1[nH]c2ccccc2c1-c1nnc(-c2ccccc2)o1. The molecule has 0 spiro atoms. The van der Waals surface area contributed by atoms with E-state index in [0.29, 0.717) is 11.8 Å². The molecule has 0 aliphatic carbocycles. The maximum atomic E-state index is 6.02. The fourth-order valence-corrected chi connectivity index (χ4v) is 2.95. The zero-order valence-electron chi connectivity index (χ0n) is 14.0. The quantitative estimate of drug-likeness (QED) is 0.554. The average molecular weight is 317 g/mol. The zero-order valence-corrected chi connectivity index (χ0v) is 14.0. The minimum Gasteiger partial charge on any atom is -0.416 e. The Morgan fingerprint density at radius 2 is 1.50 bits per heavy atom. The number of H-pyrrole nitrogens is 1. The van der Waals surface area contributed by atoms with Crippen molar-refractivity contribution in [3.8, 4) is 22.9 Å². The molecular formula is C20H19N3O. The first-order chi connectivity index (χ1) is 11.5. The summed E-state index contributed by atoms with van der Waals surface area (Å²) in [6.45, 7) is 6.53. The molecule has 4 nitrogen and oxygen atoms in total. The highest BCUT2D eigenvalue weighted by Gasteiger charge is 2.26. The van der Waals surface area contributed by atoms with E-state index in [2.05, 4.69) is 48.1 Å². The summed E-state index contributed by atoms with van der Waals surface area (Å²) in [6.07, 6.45) is 0.